The maximum Gasteiger partial charge on any atom is 0.330 e. The Morgan fingerprint density at radius 3 is 2.14 bits per heavy atom. The minimum Gasteiger partial charge on any atom is -0.478 e. The van der Waals surface area contributed by atoms with Crippen LogP contribution in [0.1, 0.15) is 6.92 Å². The third-order valence-electron chi connectivity index (χ3n) is 1.77. The Labute approximate surface area is 85.0 Å². The zero-order valence-electron chi connectivity index (χ0n) is 8.57. The summed E-state index contributed by atoms with van der Waals surface area (Å²) in [5.41, 5.74) is 0.364. The van der Waals surface area contributed by atoms with Gasteiger partial charge >= 0.3 is 5.97 Å². The van der Waals surface area contributed by atoms with Gasteiger partial charge in [-0.3, -0.25) is 4.90 Å². The summed E-state index contributed by atoms with van der Waals surface area (Å²) >= 11 is 0. The van der Waals surface area contributed by atoms with Crippen LogP contribution in [0.25, 0.3) is 0 Å². The average Bonchev–Trinajstić information content (AvgIpc) is 2.14. The smallest absolute Gasteiger partial charge is 0.330 e. The number of hydrogen-bond donors (Lipinski definition) is 1. The van der Waals surface area contributed by atoms with E-state index in [1.165, 1.54) is 0 Å². The molecule has 0 aliphatic rings. The third kappa shape index (κ3) is 5.32. The van der Waals surface area contributed by atoms with Crippen LogP contribution in [0.2, 0.25) is 0 Å². The highest BCUT2D eigenvalue weighted by molar-refractivity contribution is 5.85. The van der Waals surface area contributed by atoms with E-state index in [1.807, 2.05) is 4.90 Å². The Bertz CT molecular complexity index is 234. The first kappa shape index (κ1) is 12.7. The lowest BCUT2D eigenvalue weighted by atomic mass is 10.3. The van der Waals surface area contributed by atoms with E-state index >= 15 is 0 Å². The number of aliphatic carboxylic acids is 1. The summed E-state index contributed by atoms with van der Waals surface area (Å²) in [5, 5.41) is 8.63. The first-order chi connectivity index (χ1) is 6.61. The number of nitrogens with zero attached hydrogens (tertiary/aromatic N) is 1. The molecule has 3 heteroatoms. The second-order valence-corrected chi connectivity index (χ2v) is 2.99. The molecule has 0 heterocycles. The molecular formula is C11H17NO2. The summed E-state index contributed by atoms with van der Waals surface area (Å²) in [7, 11) is 0. The van der Waals surface area contributed by atoms with Crippen molar-refractivity contribution in [1.29, 1.82) is 0 Å². The normalized spacial score (nSPS) is 11.4. The van der Waals surface area contributed by atoms with E-state index in [9.17, 15) is 4.79 Å². The van der Waals surface area contributed by atoms with Crippen molar-refractivity contribution in [3.63, 3.8) is 0 Å². The highest BCUT2D eigenvalue weighted by Crippen LogP contribution is 1.95. The summed E-state index contributed by atoms with van der Waals surface area (Å²) in [6.45, 7) is 10.9. The fraction of sp³-hybridized carbons (Fsp3) is 0.364. The van der Waals surface area contributed by atoms with Crippen molar-refractivity contribution < 1.29 is 9.90 Å². The van der Waals surface area contributed by atoms with Crippen molar-refractivity contribution in [2.45, 2.75) is 6.92 Å². The molecule has 14 heavy (non-hydrogen) atoms. The first-order valence-corrected chi connectivity index (χ1v) is 4.46. The second-order valence-electron chi connectivity index (χ2n) is 2.99. The topological polar surface area (TPSA) is 40.5 Å². The Morgan fingerprint density at radius 2 is 1.79 bits per heavy atom. The zero-order valence-corrected chi connectivity index (χ0v) is 8.57. The van der Waals surface area contributed by atoms with Gasteiger partial charge < -0.3 is 5.11 Å². The van der Waals surface area contributed by atoms with E-state index < -0.39 is 5.97 Å². The Balaban J connectivity index is 4.15. The van der Waals surface area contributed by atoms with Crippen LogP contribution in [-0.2, 0) is 4.79 Å². The van der Waals surface area contributed by atoms with E-state index in [1.54, 1.807) is 25.2 Å². The molecule has 0 saturated carbocycles. The molecule has 0 amide bonds. The van der Waals surface area contributed by atoms with Crippen LogP contribution in [0.15, 0.2) is 37.0 Å². The van der Waals surface area contributed by atoms with Gasteiger partial charge in [0.25, 0.3) is 0 Å². The number of hydrogen-bond acceptors (Lipinski definition) is 2. The molecule has 0 radical (unpaired) electrons. The fourth-order valence-electron chi connectivity index (χ4n) is 0.942. The molecule has 0 saturated heterocycles. The van der Waals surface area contributed by atoms with Gasteiger partial charge in [0.1, 0.15) is 0 Å². The van der Waals surface area contributed by atoms with E-state index in [0.29, 0.717) is 12.1 Å². The van der Waals surface area contributed by atoms with E-state index in [4.69, 9.17) is 5.11 Å². The Hall–Kier alpha value is -1.35. The molecule has 0 aromatic carbocycles. The largest absolute Gasteiger partial charge is 0.478 e. The highest BCUT2D eigenvalue weighted by Gasteiger charge is 2.01. The van der Waals surface area contributed by atoms with Crippen LogP contribution in [0.3, 0.4) is 0 Å². The van der Waals surface area contributed by atoms with Gasteiger partial charge in [-0.05, 0) is 6.92 Å². The summed E-state index contributed by atoms with van der Waals surface area (Å²) < 4.78 is 0. The van der Waals surface area contributed by atoms with Gasteiger partial charge in [-0.25, -0.2) is 4.79 Å². The summed E-state index contributed by atoms with van der Waals surface area (Å²) in [4.78, 5) is 12.5. The monoisotopic (exact) mass is 195 g/mol. The van der Waals surface area contributed by atoms with Gasteiger partial charge in [0.2, 0.25) is 0 Å². The zero-order chi connectivity index (χ0) is 11.0. The molecule has 0 rings (SSSR count). The minimum atomic E-state index is -0.873. The number of carbonyl (C=O) groups is 1. The van der Waals surface area contributed by atoms with Gasteiger partial charge in [0, 0.05) is 25.2 Å². The van der Waals surface area contributed by atoms with Crippen molar-refractivity contribution >= 4 is 5.97 Å². The maximum absolute atomic E-state index is 10.5. The van der Waals surface area contributed by atoms with Gasteiger partial charge in [0.15, 0.2) is 0 Å². The number of carboxylic acids is 1. The van der Waals surface area contributed by atoms with Gasteiger partial charge in [0.05, 0.1) is 0 Å². The number of carboxylic acid groups (broad SMARTS) is 1. The molecule has 0 aromatic heterocycles. The van der Waals surface area contributed by atoms with E-state index in [-0.39, 0.29) is 0 Å². The minimum absolute atomic E-state index is 0.364. The van der Waals surface area contributed by atoms with E-state index in [0.717, 1.165) is 13.1 Å². The van der Waals surface area contributed by atoms with Crippen LogP contribution in [0, 0.1) is 0 Å². The summed E-state index contributed by atoms with van der Waals surface area (Å²) in [5.74, 6) is -0.873. The van der Waals surface area contributed by atoms with Crippen molar-refractivity contribution in [3.05, 3.63) is 37.0 Å². The molecule has 1 N–H and O–H groups in total. The van der Waals surface area contributed by atoms with Gasteiger partial charge in [-0.2, -0.15) is 0 Å². The summed E-state index contributed by atoms with van der Waals surface area (Å²) in [6, 6.07) is 0. The van der Waals surface area contributed by atoms with Crippen LogP contribution in [0.4, 0.5) is 0 Å². The highest BCUT2D eigenvalue weighted by atomic mass is 16.4. The van der Waals surface area contributed by atoms with Crippen LogP contribution in [-0.4, -0.2) is 35.6 Å². The molecular weight excluding hydrogens is 178 g/mol. The number of rotatable bonds is 7. The molecule has 0 aromatic rings. The first-order valence-electron chi connectivity index (χ1n) is 4.46. The molecule has 0 aliphatic heterocycles. The predicted molar refractivity (Wildman–Crippen MR) is 58.2 cm³/mol. The second kappa shape index (κ2) is 7.09. The van der Waals surface area contributed by atoms with Gasteiger partial charge in [-0.1, -0.05) is 18.2 Å². The predicted octanol–water partition coefficient (Wildman–Crippen LogP) is 1.69. The lowest BCUT2D eigenvalue weighted by Crippen LogP contribution is -2.24. The lowest BCUT2D eigenvalue weighted by molar-refractivity contribution is -0.132. The van der Waals surface area contributed by atoms with E-state index in [2.05, 4.69) is 13.2 Å². The third-order valence-corrected chi connectivity index (χ3v) is 1.77. The quantitative estimate of drug-likeness (QED) is 0.496. The molecule has 0 fully saturated rings. The maximum atomic E-state index is 10.5. The molecule has 0 unspecified atom stereocenters. The standard InChI is InChI=1S/C11H17NO2/c1-4-7-12(8-5-2)9-6-10(3)11(13)14/h4-6H,1-2,7-9H2,3H3,(H,13,14). The van der Waals surface area contributed by atoms with Gasteiger partial charge in [-0.15, -0.1) is 13.2 Å². The van der Waals surface area contributed by atoms with Crippen LogP contribution in [0.5, 0.6) is 0 Å². The van der Waals surface area contributed by atoms with Crippen molar-refractivity contribution in [2.24, 2.45) is 0 Å². The molecule has 0 bridgehead atoms. The summed E-state index contributed by atoms with van der Waals surface area (Å²) in [6.07, 6.45) is 5.26. The van der Waals surface area contributed by atoms with Crippen molar-refractivity contribution in [2.75, 3.05) is 19.6 Å². The Kier molecular flexibility index (Phi) is 6.41. The van der Waals surface area contributed by atoms with Crippen molar-refractivity contribution in [1.82, 2.24) is 4.90 Å². The molecule has 0 atom stereocenters. The molecule has 3 nitrogen and oxygen atoms in total. The molecule has 0 aliphatic carbocycles. The van der Waals surface area contributed by atoms with Crippen LogP contribution >= 0.6 is 0 Å². The lowest BCUT2D eigenvalue weighted by Gasteiger charge is -2.16. The van der Waals surface area contributed by atoms with Crippen molar-refractivity contribution in [3.8, 4) is 0 Å². The fourth-order valence-corrected chi connectivity index (χ4v) is 0.942. The Morgan fingerprint density at radius 1 is 1.29 bits per heavy atom. The molecule has 0 spiro atoms. The molecule has 78 valence electrons. The average molecular weight is 195 g/mol. The SMILES string of the molecule is C=CCN(CC=C)CC=C(C)C(=O)O. The van der Waals surface area contributed by atoms with Crippen LogP contribution < -0.4 is 0 Å².